The molecule has 0 spiro atoms. The Kier molecular flexibility index (Phi) is 2.87. The monoisotopic (exact) mass is 253 g/mol. The minimum Gasteiger partial charge on any atom is -0.349 e. The minimum atomic E-state index is 0.637. The molecule has 5 nitrogen and oxygen atoms in total. The highest BCUT2D eigenvalue weighted by Gasteiger charge is 2.05. The van der Waals surface area contributed by atoms with Crippen molar-refractivity contribution in [3.63, 3.8) is 0 Å². The van der Waals surface area contributed by atoms with E-state index in [0.717, 1.165) is 16.9 Å². The largest absolute Gasteiger partial charge is 0.349 e. The summed E-state index contributed by atoms with van der Waals surface area (Å²) in [5, 5.41) is 7.67. The van der Waals surface area contributed by atoms with Crippen LogP contribution in [-0.2, 0) is 6.54 Å². The van der Waals surface area contributed by atoms with Gasteiger partial charge in [-0.15, -0.1) is 5.10 Å². The molecule has 0 aromatic carbocycles. The maximum Gasteiger partial charge on any atom is 0.243 e. The number of fused-ring (bicyclic) bond motifs is 1. The second-order valence-corrected chi connectivity index (χ2v) is 4.53. The van der Waals surface area contributed by atoms with E-state index in [4.69, 9.17) is 0 Å². The van der Waals surface area contributed by atoms with Gasteiger partial charge in [0, 0.05) is 24.6 Å². The molecule has 1 N–H and O–H groups in total. The number of hydrogen-bond donors (Lipinski definition) is 1. The molecule has 0 fully saturated rings. The first-order valence-electron chi connectivity index (χ1n) is 6.20. The summed E-state index contributed by atoms with van der Waals surface area (Å²) >= 11 is 0. The molecule has 0 amide bonds. The van der Waals surface area contributed by atoms with Crippen molar-refractivity contribution in [3.05, 3.63) is 53.5 Å². The van der Waals surface area contributed by atoms with E-state index in [1.54, 1.807) is 6.20 Å². The molecular weight excluding hydrogens is 238 g/mol. The maximum atomic E-state index is 4.44. The van der Waals surface area contributed by atoms with Gasteiger partial charge in [0.05, 0.1) is 0 Å². The smallest absolute Gasteiger partial charge is 0.243 e. The summed E-state index contributed by atoms with van der Waals surface area (Å²) in [4.78, 5) is 8.57. The molecule has 5 heteroatoms. The molecule has 0 unspecified atom stereocenters. The summed E-state index contributed by atoms with van der Waals surface area (Å²) in [6, 6.07) is 7.93. The van der Waals surface area contributed by atoms with Gasteiger partial charge in [-0.2, -0.15) is 4.98 Å². The molecule has 3 heterocycles. The zero-order chi connectivity index (χ0) is 13.2. The first kappa shape index (κ1) is 11.6. The predicted octanol–water partition coefficient (Wildman–Crippen LogP) is 2.35. The normalized spacial score (nSPS) is 10.8. The molecule has 3 aromatic heterocycles. The first-order valence-corrected chi connectivity index (χ1v) is 6.20. The number of hydrogen-bond acceptors (Lipinski definition) is 4. The highest BCUT2D eigenvalue weighted by molar-refractivity contribution is 5.44. The second kappa shape index (κ2) is 4.68. The Bertz CT molecular complexity index is 717. The summed E-state index contributed by atoms with van der Waals surface area (Å²) in [5.41, 5.74) is 4.28. The van der Waals surface area contributed by atoms with Crippen LogP contribution in [0.1, 0.15) is 16.8 Å². The molecule has 0 aliphatic carbocycles. The van der Waals surface area contributed by atoms with Gasteiger partial charge >= 0.3 is 0 Å². The van der Waals surface area contributed by atoms with Gasteiger partial charge in [0.2, 0.25) is 5.95 Å². The van der Waals surface area contributed by atoms with Crippen molar-refractivity contribution in [1.29, 1.82) is 0 Å². The summed E-state index contributed by atoms with van der Waals surface area (Å²) in [6.07, 6.45) is 3.66. The number of nitrogens with one attached hydrogen (secondary N) is 1. The fourth-order valence-corrected chi connectivity index (χ4v) is 1.97. The zero-order valence-electron chi connectivity index (χ0n) is 11.0. The number of aryl methyl sites for hydroxylation is 2. The standard InChI is InChI=1S/C14H15N5/c1-10-6-7-15-8-12(10)9-16-14-17-13-5-3-4-11(2)19(13)18-14/h3-8H,9H2,1-2H3,(H,16,18). The highest BCUT2D eigenvalue weighted by atomic mass is 15.3. The van der Waals surface area contributed by atoms with E-state index in [1.807, 2.05) is 41.9 Å². The SMILES string of the molecule is Cc1ccncc1CNc1nc2cccc(C)n2n1. The van der Waals surface area contributed by atoms with Gasteiger partial charge in [-0.25, -0.2) is 4.52 Å². The van der Waals surface area contributed by atoms with E-state index in [9.17, 15) is 0 Å². The van der Waals surface area contributed by atoms with Crippen LogP contribution >= 0.6 is 0 Å². The molecule has 19 heavy (non-hydrogen) atoms. The Balaban J connectivity index is 1.83. The average Bonchev–Trinajstić information content (AvgIpc) is 2.82. The van der Waals surface area contributed by atoms with E-state index < -0.39 is 0 Å². The molecule has 0 atom stereocenters. The van der Waals surface area contributed by atoms with Gasteiger partial charge in [-0.05, 0) is 43.2 Å². The Labute approximate surface area is 111 Å². The Morgan fingerprint density at radius 1 is 1.21 bits per heavy atom. The van der Waals surface area contributed by atoms with Crippen LogP contribution in [0.2, 0.25) is 0 Å². The summed E-state index contributed by atoms with van der Waals surface area (Å²) in [7, 11) is 0. The molecule has 0 saturated heterocycles. The fraction of sp³-hybridized carbons (Fsp3) is 0.214. The van der Waals surface area contributed by atoms with Crippen molar-refractivity contribution >= 4 is 11.6 Å². The lowest BCUT2D eigenvalue weighted by Crippen LogP contribution is -2.03. The zero-order valence-corrected chi connectivity index (χ0v) is 11.0. The van der Waals surface area contributed by atoms with Gasteiger partial charge in [0.25, 0.3) is 0 Å². The fourth-order valence-electron chi connectivity index (χ4n) is 1.97. The molecule has 96 valence electrons. The molecule has 0 aliphatic rings. The van der Waals surface area contributed by atoms with Gasteiger partial charge < -0.3 is 5.32 Å². The van der Waals surface area contributed by atoms with Crippen LogP contribution in [0.15, 0.2) is 36.7 Å². The van der Waals surface area contributed by atoms with Crippen LogP contribution in [0.4, 0.5) is 5.95 Å². The van der Waals surface area contributed by atoms with Crippen LogP contribution in [-0.4, -0.2) is 19.6 Å². The van der Waals surface area contributed by atoms with Crippen LogP contribution < -0.4 is 5.32 Å². The van der Waals surface area contributed by atoms with Gasteiger partial charge in [-0.3, -0.25) is 4.98 Å². The lowest BCUT2D eigenvalue weighted by atomic mass is 10.2. The molecular formula is C14H15N5. The molecule has 0 aliphatic heterocycles. The van der Waals surface area contributed by atoms with E-state index in [0.29, 0.717) is 12.5 Å². The summed E-state index contributed by atoms with van der Waals surface area (Å²) in [5.74, 6) is 0.637. The second-order valence-electron chi connectivity index (χ2n) is 4.53. The number of nitrogens with zero attached hydrogens (tertiary/aromatic N) is 4. The predicted molar refractivity (Wildman–Crippen MR) is 74.0 cm³/mol. The van der Waals surface area contributed by atoms with Crippen molar-refractivity contribution in [1.82, 2.24) is 19.6 Å². The van der Waals surface area contributed by atoms with E-state index >= 15 is 0 Å². The number of rotatable bonds is 3. The van der Waals surface area contributed by atoms with Crippen molar-refractivity contribution in [2.24, 2.45) is 0 Å². The number of aromatic nitrogens is 4. The van der Waals surface area contributed by atoms with Crippen molar-refractivity contribution in [3.8, 4) is 0 Å². The highest BCUT2D eigenvalue weighted by Crippen LogP contribution is 2.10. The Hall–Kier alpha value is -2.43. The third-order valence-corrected chi connectivity index (χ3v) is 3.13. The van der Waals surface area contributed by atoms with E-state index in [1.165, 1.54) is 5.56 Å². The molecule has 0 saturated carbocycles. The van der Waals surface area contributed by atoms with Crippen LogP contribution in [0.3, 0.4) is 0 Å². The van der Waals surface area contributed by atoms with Crippen LogP contribution in [0, 0.1) is 13.8 Å². The third-order valence-electron chi connectivity index (χ3n) is 3.13. The van der Waals surface area contributed by atoms with Crippen LogP contribution in [0.25, 0.3) is 5.65 Å². The van der Waals surface area contributed by atoms with Gasteiger partial charge in [-0.1, -0.05) is 6.07 Å². The lowest BCUT2D eigenvalue weighted by Gasteiger charge is -2.04. The molecule has 0 radical (unpaired) electrons. The van der Waals surface area contributed by atoms with E-state index in [-0.39, 0.29) is 0 Å². The first-order chi connectivity index (χ1) is 9.24. The molecule has 3 aromatic rings. The maximum absolute atomic E-state index is 4.44. The summed E-state index contributed by atoms with van der Waals surface area (Å²) < 4.78 is 1.83. The minimum absolute atomic E-state index is 0.637. The lowest BCUT2D eigenvalue weighted by molar-refractivity contribution is 0.908. The molecule has 0 bridgehead atoms. The Morgan fingerprint density at radius 3 is 2.89 bits per heavy atom. The number of anilines is 1. The van der Waals surface area contributed by atoms with Gasteiger partial charge in [0.1, 0.15) is 0 Å². The van der Waals surface area contributed by atoms with Crippen LogP contribution in [0.5, 0.6) is 0 Å². The Morgan fingerprint density at radius 2 is 2.11 bits per heavy atom. The topological polar surface area (TPSA) is 55.1 Å². The van der Waals surface area contributed by atoms with Crippen molar-refractivity contribution < 1.29 is 0 Å². The third kappa shape index (κ3) is 2.27. The summed E-state index contributed by atoms with van der Waals surface area (Å²) in [6.45, 7) is 4.76. The van der Waals surface area contributed by atoms with Crippen molar-refractivity contribution in [2.45, 2.75) is 20.4 Å². The number of pyridine rings is 2. The quantitative estimate of drug-likeness (QED) is 0.778. The average molecular weight is 253 g/mol. The van der Waals surface area contributed by atoms with Gasteiger partial charge in [0.15, 0.2) is 5.65 Å². The van der Waals surface area contributed by atoms with E-state index in [2.05, 4.69) is 27.3 Å². The van der Waals surface area contributed by atoms with Crippen molar-refractivity contribution in [2.75, 3.05) is 5.32 Å². The molecule has 3 rings (SSSR count).